The molecule has 0 aliphatic carbocycles. The number of anilines is 1. The lowest BCUT2D eigenvalue weighted by molar-refractivity contribution is 0.0958. The molecule has 0 spiro atoms. The second-order valence-corrected chi connectivity index (χ2v) is 4.64. The summed E-state index contributed by atoms with van der Waals surface area (Å²) in [5.41, 5.74) is 2.77. The van der Waals surface area contributed by atoms with Crippen molar-refractivity contribution >= 4 is 11.6 Å². The normalized spacial score (nSPS) is 10.1. The van der Waals surface area contributed by atoms with Crippen LogP contribution in [0.15, 0.2) is 48.7 Å². The highest BCUT2D eigenvalue weighted by molar-refractivity contribution is 5.92. The summed E-state index contributed by atoms with van der Waals surface area (Å²) in [6.07, 6.45) is 2.56. The standard InChI is InChI=1S/C16H19N3O/c1-17-16(20)15-12-13(8-10-18-15)9-11-19(2)14-6-4-3-5-7-14/h3-8,10,12H,9,11H2,1-2H3,(H,17,20). The number of para-hydroxylation sites is 1. The van der Waals surface area contributed by atoms with Crippen molar-refractivity contribution in [2.45, 2.75) is 6.42 Å². The number of rotatable bonds is 5. The third kappa shape index (κ3) is 3.57. The van der Waals surface area contributed by atoms with Crippen molar-refractivity contribution < 1.29 is 4.79 Å². The van der Waals surface area contributed by atoms with Gasteiger partial charge in [0.1, 0.15) is 5.69 Å². The van der Waals surface area contributed by atoms with Crippen molar-refractivity contribution in [3.63, 3.8) is 0 Å². The minimum absolute atomic E-state index is 0.150. The van der Waals surface area contributed by atoms with Crippen LogP contribution in [0.25, 0.3) is 0 Å². The fraction of sp³-hybridized carbons (Fsp3) is 0.250. The smallest absolute Gasteiger partial charge is 0.269 e. The zero-order valence-corrected chi connectivity index (χ0v) is 11.8. The number of hydrogen-bond acceptors (Lipinski definition) is 3. The van der Waals surface area contributed by atoms with Crippen LogP contribution in [0.3, 0.4) is 0 Å². The first-order valence-corrected chi connectivity index (χ1v) is 6.64. The van der Waals surface area contributed by atoms with Gasteiger partial charge in [-0.25, -0.2) is 0 Å². The third-order valence-electron chi connectivity index (χ3n) is 3.22. The van der Waals surface area contributed by atoms with E-state index in [1.54, 1.807) is 13.2 Å². The van der Waals surface area contributed by atoms with Crippen LogP contribution < -0.4 is 10.2 Å². The minimum atomic E-state index is -0.150. The number of benzene rings is 1. The summed E-state index contributed by atoms with van der Waals surface area (Å²) in [7, 11) is 3.68. The monoisotopic (exact) mass is 269 g/mol. The van der Waals surface area contributed by atoms with Crippen LogP contribution in [-0.2, 0) is 6.42 Å². The Labute approximate surface area is 119 Å². The molecule has 0 fully saturated rings. The highest BCUT2D eigenvalue weighted by Crippen LogP contribution is 2.12. The lowest BCUT2D eigenvalue weighted by Crippen LogP contribution is -2.21. The topological polar surface area (TPSA) is 45.2 Å². The molecular formula is C16H19N3O. The maximum atomic E-state index is 11.5. The number of nitrogens with one attached hydrogen (secondary N) is 1. The Balaban J connectivity index is 1.99. The Morgan fingerprint density at radius 1 is 1.25 bits per heavy atom. The number of pyridine rings is 1. The van der Waals surface area contributed by atoms with E-state index in [1.165, 1.54) is 5.69 Å². The predicted molar refractivity (Wildman–Crippen MR) is 81.0 cm³/mol. The third-order valence-corrected chi connectivity index (χ3v) is 3.22. The lowest BCUT2D eigenvalue weighted by Gasteiger charge is -2.19. The largest absolute Gasteiger partial charge is 0.374 e. The molecule has 1 heterocycles. The van der Waals surface area contributed by atoms with Gasteiger partial charge in [0, 0.05) is 32.5 Å². The number of amides is 1. The number of nitrogens with zero attached hydrogens (tertiary/aromatic N) is 2. The van der Waals surface area contributed by atoms with Crippen molar-refractivity contribution in [3.8, 4) is 0 Å². The molecule has 4 heteroatoms. The second-order valence-electron chi connectivity index (χ2n) is 4.64. The molecule has 0 atom stereocenters. The zero-order valence-electron chi connectivity index (χ0n) is 11.8. The number of carbonyl (C=O) groups excluding carboxylic acids is 1. The minimum Gasteiger partial charge on any atom is -0.374 e. The quantitative estimate of drug-likeness (QED) is 0.904. The van der Waals surface area contributed by atoms with Crippen molar-refractivity contribution in [2.24, 2.45) is 0 Å². The maximum absolute atomic E-state index is 11.5. The van der Waals surface area contributed by atoms with Crippen molar-refractivity contribution in [1.82, 2.24) is 10.3 Å². The molecule has 0 aliphatic rings. The maximum Gasteiger partial charge on any atom is 0.269 e. The van der Waals surface area contributed by atoms with Gasteiger partial charge in [-0.1, -0.05) is 18.2 Å². The molecule has 1 amide bonds. The molecule has 104 valence electrons. The van der Waals surface area contributed by atoms with Crippen molar-refractivity contribution in [1.29, 1.82) is 0 Å². The predicted octanol–water partition coefficient (Wildman–Crippen LogP) is 2.12. The Morgan fingerprint density at radius 3 is 2.70 bits per heavy atom. The highest BCUT2D eigenvalue weighted by Gasteiger charge is 2.06. The zero-order chi connectivity index (χ0) is 14.4. The summed E-state index contributed by atoms with van der Waals surface area (Å²) in [4.78, 5) is 17.8. The number of carbonyl (C=O) groups is 1. The van der Waals surface area contributed by atoms with E-state index in [0.29, 0.717) is 5.69 Å². The molecule has 0 saturated heterocycles. The van der Waals surface area contributed by atoms with Gasteiger partial charge in [-0.15, -0.1) is 0 Å². The van der Waals surface area contributed by atoms with Gasteiger partial charge in [0.05, 0.1) is 0 Å². The van der Waals surface area contributed by atoms with Crippen molar-refractivity contribution in [2.75, 3.05) is 25.5 Å². The van der Waals surface area contributed by atoms with Gasteiger partial charge < -0.3 is 10.2 Å². The molecule has 1 aromatic heterocycles. The van der Waals surface area contributed by atoms with Gasteiger partial charge in [0.25, 0.3) is 5.91 Å². The summed E-state index contributed by atoms with van der Waals surface area (Å²) in [6, 6.07) is 14.0. The molecule has 2 aromatic rings. The molecule has 0 unspecified atom stereocenters. The molecule has 1 N–H and O–H groups in total. The van der Waals surface area contributed by atoms with E-state index in [1.807, 2.05) is 30.3 Å². The van der Waals surface area contributed by atoms with Crippen LogP contribution in [0.4, 0.5) is 5.69 Å². The summed E-state index contributed by atoms with van der Waals surface area (Å²) in [5, 5.41) is 2.59. The van der Waals surface area contributed by atoms with Gasteiger partial charge >= 0.3 is 0 Å². The van der Waals surface area contributed by atoms with Crippen LogP contribution in [0, 0.1) is 0 Å². The fourth-order valence-corrected chi connectivity index (χ4v) is 1.99. The first-order chi connectivity index (χ1) is 9.70. The lowest BCUT2D eigenvalue weighted by atomic mass is 10.1. The molecular weight excluding hydrogens is 250 g/mol. The van der Waals surface area contributed by atoms with E-state index in [2.05, 4.69) is 34.4 Å². The molecule has 20 heavy (non-hydrogen) atoms. The van der Waals surface area contributed by atoms with E-state index in [4.69, 9.17) is 0 Å². The summed E-state index contributed by atoms with van der Waals surface area (Å²) < 4.78 is 0. The summed E-state index contributed by atoms with van der Waals surface area (Å²) in [5.74, 6) is -0.150. The summed E-state index contributed by atoms with van der Waals surface area (Å²) in [6.45, 7) is 0.890. The molecule has 0 aliphatic heterocycles. The average Bonchev–Trinajstić information content (AvgIpc) is 2.53. The van der Waals surface area contributed by atoms with Crippen LogP contribution in [0.2, 0.25) is 0 Å². The van der Waals surface area contributed by atoms with E-state index >= 15 is 0 Å². The summed E-state index contributed by atoms with van der Waals surface area (Å²) >= 11 is 0. The van der Waals surface area contributed by atoms with Gasteiger partial charge in [0.15, 0.2) is 0 Å². The van der Waals surface area contributed by atoms with Crippen LogP contribution in [0.1, 0.15) is 16.1 Å². The van der Waals surface area contributed by atoms with Gasteiger partial charge in [-0.05, 0) is 36.2 Å². The van der Waals surface area contributed by atoms with E-state index in [-0.39, 0.29) is 5.91 Å². The van der Waals surface area contributed by atoms with E-state index in [0.717, 1.165) is 18.5 Å². The van der Waals surface area contributed by atoms with Crippen LogP contribution in [-0.4, -0.2) is 31.5 Å². The van der Waals surface area contributed by atoms with Crippen LogP contribution >= 0.6 is 0 Å². The second kappa shape index (κ2) is 6.70. The molecule has 0 radical (unpaired) electrons. The van der Waals surface area contributed by atoms with Crippen molar-refractivity contribution in [3.05, 3.63) is 59.9 Å². The first-order valence-electron chi connectivity index (χ1n) is 6.64. The Kier molecular flexibility index (Phi) is 4.71. The Hall–Kier alpha value is -2.36. The number of hydrogen-bond donors (Lipinski definition) is 1. The van der Waals surface area contributed by atoms with Gasteiger partial charge in [-0.3, -0.25) is 9.78 Å². The molecule has 2 rings (SSSR count). The molecule has 0 bridgehead atoms. The van der Waals surface area contributed by atoms with E-state index in [9.17, 15) is 4.79 Å². The van der Waals surface area contributed by atoms with Gasteiger partial charge in [-0.2, -0.15) is 0 Å². The SMILES string of the molecule is CNC(=O)c1cc(CCN(C)c2ccccc2)ccn1. The fourth-order valence-electron chi connectivity index (χ4n) is 1.99. The Morgan fingerprint density at radius 2 is 2.00 bits per heavy atom. The van der Waals surface area contributed by atoms with Gasteiger partial charge in [0.2, 0.25) is 0 Å². The molecule has 1 aromatic carbocycles. The average molecular weight is 269 g/mol. The first kappa shape index (κ1) is 14.1. The highest BCUT2D eigenvalue weighted by atomic mass is 16.1. The van der Waals surface area contributed by atoms with E-state index < -0.39 is 0 Å². The molecule has 4 nitrogen and oxygen atoms in total. The number of likely N-dealkylation sites (N-methyl/N-ethyl adjacent to an activating group) is 1. The molecule has 0 saturated carbocycles. The van der Waals surface area contributed by atoms with Crippen LogP contribution in [0.5, 0.6) is 0 Å². The Bertz CT molecular complexity index is 569. The number of aromatic nitrogens is 1.